The quantitative estimate of drug-likeness (QED) is 0.366. The zero-order valence-corrected chi connectivity index (χ0v) is 21.2. The molecule has 1 aliphatic heterocycles. The Morgan fingerprint density at radius 3 is 2.30 bits per heavy atom. The topological polar surface area (TPSA) is 79.8 Å². The Morgan fingerprint density at radius 2 is 1.57 bits per heavy atom. The van der Waals surface area contributed by atoms with E-state index in [1.165, 1.54) is 10.8 Å². The molecule has 3 aromatic carbocycles. The fourth-order valence-corrected chi connectivity index (χ4v) is 4.47. The molecule has 1 fully saturated rings. The summed E-state index contributed by atoms with van der Waals surface area (Å²) in [6.07, 6.45) is 0. The number of nitrogens with zero attached hydrogens (tertiary/aromatic N) is 4. The highest BCUT2D eigenvalue weighted by Crippen LogP contribution is 2.31. The van der Waals surface area contributed by atoms with Crippen LogP contribution < -0.4 is 19.7 Å². The first kappa shape index (κ1) is 24.4. The van der Waals surface area contributed by atoms with Crippen LogP contribution in [0.25, 0.3) is 22.0 Å². The molecule has 0 atom stereocenters. The van der Waals surface area contributed by atoms with Gasteiger partial charge in [0.25, 0.3) is 0 Å². The summed E-state index contributed by atoms with van der Waals surface area (Å²) in [6.45, 7) is 7.47. The smallest absolute Gasteiger partial charge is 0.321 e. The molecule has 8 nitrogen and oxygen atoms in total. The van der Waals surface area contributed by atoms with Crippen LogP contribution in [0, 0.1) is 0 Å². The lowest BCUT2D eigenvalue weighted by atomic mass is 10.1. The molecule has 1 aromatic heterocycles. The first-order valence-corrected chi connectivity index (χ1v) is 12.7. The molecule has 8 heteroatoms. The number of urea groups is 1. The van der Waals surface area contributed by atoms with Crippen LogP contribution >= 0.6 is 0 Å². The summed E-state index contributed by atoms with van der Waals surface area (Å²) in [4.78, 5) is 16.8. The zero-order chi connectivity index (χ0) is 25.6. The predicted octanol–water partition coefficient (Wildman–Crippen LogP) is 5.45. The van der Waals surface area contributed by atoms with Crippen LogP contribution in [0.4, 0.5) is 16.3 Å². The molecule has 0 unspecified atom stereocenters. The summed E-state index contributed by atoms with van der Waals surface area (Å²) in [5, 5.41) is 14.3. The number of nitrogens with one attached hydrogen (secondary N) is 1. The number of amides is 2. The average Bonchev–Trinajstić information content (AvgIpc) is 2.94. The monoisotopic (exact) mass is 497 g/mol. The van der Waals surface area contributed by atoms with E-state index in [0.717, 1.165) is 17.1 Å². The van der Waals surface area contributed by atoms with Crippen molar-refractivity contribution in [1.29, 1.82) is 0 Å². The summed E-state index contributed by atoms with van der Waals surface area (Å²) < 4.78 is 11.3. The largest absolute Gasteiger partial charge is 0.490 e. The van der Waals surface area contributed by atoms with Crippen molar-refractivity contribution in [3.05, 3.63) is 72.8 Å². The van der Waals surface area contributed by atoms with Gasteiger partial charge in [0.15, 0.2) is 17.3 Å². The van der Waals surface area contributed by atoms with Gasteiger partial charge < -0.3 is 24.6 Å². The number of rotatable bonds is 7. The molecular weight excluding hydrogens is 466 g/mol. The van der Waals surface area contributed by atoms with Gasteiger partial charge >= 0.3 is 6.03 Å². The van der Waals surface area contributed by atoms with Gasteiger partial charge in [0.2, 0.25) is 0 Å². The van der Waals surface area contributed by atoms with E-state index in [1.54, 1.807) is 6.07 Å². The molecule has 2 amide bonds. The maximum Gasteiger partial charge on any atom is 0.321 e. The number of benzene rings is 3. The van der Waals surface area contributed by atoms with Crippen molar-refractivity contribution in [3.63, 3.8) is 0 Å². The van der Waals surface area contributed by atoms with Crippen LogP contribution in [0.1, 0.15) is 13.8 Å². The molecule has 0 aliphatic carbocycles. The van der Waals surface area contributed by atoms with Gasteiger partial charge in [-0.25, -0.2) is 4.79 Å². The van der Waals surface area contributed by atoms with Crippen LogP contribution in [0.15, 0.2) is 72.8 Å². The van der Waals surface area contributed by atoms with Crippen molar-refractivity contribution >= 4 is 28.3 Å². The highest BCUT2D eigenvalue weighted by Gasteiger charge is 2.22. The Hall–Kier alpha value is -4.33. The van der Waals surface area contributed by atoms with Crippen LogP contribution in [-0.4, -0.2) is 60.5 Å². The van der Waals surface area contributed by atoms with E-state index >= 15 is 0 Å². The third kappa shape index (κ3) is 5.58. The Bertz CT molecular complexity index is 1370. The van der Waals surface area contributed by atoms with E-state index in [2.05, 4.69) is 50.7 Å². The normalized spacial score (nSPS) is 13.5. The van der Waals surface area contributed by atoms with Gasteiger partial charge in [0.1, 0.15) is 0 Å². The minimum absolute atomic E-state index is 0.135. The van der Waals surface area contributed by atoms with Crippen molar-refractivity contribution in [2.24, 2.45) is 0 Å². The first-order chi connectivity index (χ1) is 18.1. The number of carbonyl (C=O) groups is 1. The van der Waals surface area contributed by atoms with Crippen LogP contribution in [0.2, 0.25) is 0 Å². The number of fused-ring (bicyclic) bond motifs is 1. The van der Waals surface area contributed by atoms with Crippen molar-refractivity contribution < 1.29 is 14.3 Å². The van der Waals surface area contributed by atoms with E-state index in [4.69, 9.17) is 9.47 Å². The van der Waals surface area contributed by atoms with Crippen LogP contribution in [0.5, 0.6) is 11.5 Å². The van der Waals surface area contributed by atoms with Gasteiger partial charge in [0.05, 0.1) is 18.9 Å². The number of carbonyl (C=O) groups excluding carboxylic acids is 1. The Morgan fingerprint density at radius 1 is 0.811 bits per heavy atom. The highest BCUT2D eigenvalue weighted by molar-refractivity contribution is 5.90. The number of aromatic nitrogens is 2. The van der Waals surface area contributed by atoms with Crippen molar-refractivity contribution in [1.82, 2.24) is 15.1 Å². The highest BCUT2D eigenvalue weighted by atomic mass is 16.5. The fraction of sp³-hybridized carbons (Fsp3) is 0.276. The molecule has 1 saturated heterocycles. The summed E-state index contributed by atoms with van der Waals surface area (Å²) in [5.74, 6) is 2.11. The molecule has 0 radical (unpaired) electrons. The summed E-state index contributed by atoms with van der Waals surface area (Å²) in [6, 6.07) is 23.9. The van der Waals surface area contributed by atoms with Gasteiger partial charge in [-0.05, 0) is 55.0 Å². The second kappa shape index (κ2) is 11.2. The summed E-state index contributed by atoms with van der Waals surface area (Å²) >= 11 is 0. The molecular formula is C29H31N5O3. The fourth-order valence-electron chi connectivity index (χ4n) is 4.47. The molecule has 0 bridgehead atoms. The van der Waals surface area contributed by atoms with Gasteiger partial charge in [-0.1, -0.05) is 36.4 Å². The van der Waals surface area contributed by atoms with E-state index in [0.29, 0.717) is 56.6 Å². The van der Waals surface area contributed by atoms with Crippen LogP contribution in [-0.2, 0) is 0 Å². The summed E-state index contributed by atoms with van der Waals surface area (Å²) in [5.41, 5.74) is 2.56. The van der Waals surface area contributed by atoms with E-state index in [1.807, 2.05) is 55.1 Å². The average molecular weight is 498 g/mol. The lowest BCUT2D eigenvalue weighted by Crippen LogP contribution is -2.50. The number of ether oxygens (including phenoxy) is 2. The molecule has 0 saturated carbocycles. The maximum atomic E-state index is 12.9. The molecule has 1 N–H and O–H groups in total. The van der Waals surface area contributed by atoms with E-state index in [-0.39, 0.29) is 6.03 Å². The minimum Gasteiger partial charge on any atom is -0.490 e. The van der Waals surface area contributed by atoms with E-state index in [9.17, 15) is 4.79 Å². The molecule has 37 heavy (non-hydrogen) atoms. The Balaban J connectivity index is 1.18. The maximum absolute atomic E-state index is 12.9. The molecule has 4 aromatic rings. The molecule has 1 aliphatic rings. The predicted molar refractivity (Wildman–Crippen MR) is 147 cm³/mol. The SMILES string of the molecule is CCOc1ccc(NC(=O)N2CCN(c3ccc(-c4ccc5ccccc5c4)nn3)CC2)cc1OCC. The number of hydrogen-bond donors (Lipinski definition) is 1. The van der Waals surface area contributed by atoms with Crippen molar-refractivity contribution in [2.45, 2.75) is 13.8 Å². The van der Waals surface area contributed by atoms with Crippen molar-refractivity contribution in [2.75, 3.05) is 49.6 Å². The second-order valence-corrected chi connectivity index (χ2v) is 8.77. The zero-order valence-electron chi connectivity index (χ0n) is 21.2. The number of anilines is 2. The second-order valence-electron chi connectivity index (χ2n) is 8.77. The van der Waals surface area contributed by atoms with Gasteiger partial charge in [-0.2, -0.15) is 0 Å². The minimum atomic E-state index is -0.135. The Kier molecular flexibility index (Phi) is 7.35. The van der Waals surface area contributed by atoms with Crippen LogP contribution in [0.3, 0.4) is 0 Å². The number of hydrogen-bond acceptors (Lipinski definition) is 6. The summed E-state index contributed by atoms with van der Waals surface area (Å²) in [7, 11) is 0. The lowest BCUT2D eigenvalue weighted by molar-refractivity contribution is 0.208. The van der Waals surface area contributed by atoms with Gasteiger partial charge in [0, 0.05) is 43.5 Å². The molecule has 5 rings (SSSR count). The van der Waals surface area contributed by atoms with Gasteiger partial charge in [-0.15, -0.1) is 10.2 Å². The lowest BCUT2D eigenvalue weighted by Gasteiger charge is -2.35. The molecule has 190 valence electrons. The Labute approximate surface area is 216 Å². The molecule has 0 spiro atoms. The molecule has 2 heterocycles. The van der Waals surface area contributed by atoms with E-state index < -0.39 is 0 Å². The standard InChI is InChI=1S/C29H31N5O3/c1-3-36-26-13-11-24(20-27(26)37-4-2)30-29(35)34-17-15-33(16-18-34)28-14-12-25(31-32-28)23-10-9-21-7-5-6-8-22(21)19-23/h5-14,19-20H,3-4,15-18H2,1-2H3,(H,30,35). The number of piperazine rings is 1. The van der Waals surface area contributed by atoms with Crippen molar-refractivity contribution in [3.8, 4) is 22.8 Å². The van der Waals surface area contributed by atoms with Gasteiger partial charge in [-0.3, -0.25) is 0 Å². The third-order valence-electron chi connectivity index (χ3n) is 6.38. The first-order valence-electron chi connectivity index (χ1n) is 12.7. The third-order valence-corrected chi connectivity index (χ3v) is 6.38.